The van der Waals surface area contributed by atoms with E-state index in [4.69, 9.17) is 5.73 Å². The Morgan fingerprint density at radius 3 is 2.94 bits per heavy atom. The van der Waals surface area contributed by atoms with Crippen LogP contribution in [0, 0.1) is 5.92 Å². The highest BCUT2D eigenvalue weighted by Crippen LogP contribution is 2.19. The number of amides is 1. The number of nitrogens with zero attached hydrogens (tertiary/aromatic N) is 1. The maximum absolute atomic E-state index is 11.8. The van der Waals surface area contributed by atoms with E-state index in [-0.39, 0.29) is 18.9 Å². The van der Waals surface area contributed by atoms with Gasteiger partial charge in [-0.2, -0.15) is 0 Å². The molecular weight excluding hydrogens is 230 g/mol. The van der Waals surface area contributed by atoms with Crippen LogP contribution >= 0.6 is 0 Å². The van der Waals surface area contributed by atoms with Crippen molar-refractivity contribution < 1.29 is 18.3 Å². The van der Waals surface area contributed by atoms with Crippen LogP contribution in [-0.2, 0) is 9.53 Å². The molecule has 0 spiro atoms. The monoisotopic (exact) mass is 250 g/mol. The molecule has 1 aliphatic heterocycles. The molecule has 0 aromatic carbocycles. The van der Waals surface area contributed by atoms with Crippen LogP contribution in [0.3, 0.4) is 0 Å². The van der Waals surface area contributed by atoms with Crippen molar-refractivity contribution in [2.24, 2.45) is 11.7 Å². The average molecular weight is 250 g/mol. The van der Waals surface area contributed by atoms with Crippen molar-refractivity contribution in [3.63, 3.8) is 0 Å². The molecule has 1 unspecified atom stereocenters. The summed E-state index contributed by atoms with van der Waals surface area (Å²) in [7, 11) is 0. The Kier molecular flexibility index (Phi) is 6.36. The Morgan fingerprint density at radius 2 is 2.29 bits per heavy atom. The Morgan fingerprint density at radius 1 is 1.53 bits per heavy atom. The summed E-state index contributed by atoms with van der Waals surface area (Å²) < 4.78 is 28.2. The largest absolute Gasteiger partial charge is 0.375 e. The van der Waals surface area contributed by atoms with E-state index in [1.54, 1.807) is 4.90 Å². The van der Waals surface area contributed by atoms with Crippen LogP contribution in [0.1, 0.15) is 19.3 Å². The van der Waals surface area contributed by atoms with Crippen LogP contribution < -0.4 is 5.73 Å². The van der Waals surface area contributed by atoms with Crippen molar-refractivity contribution in [2.45, 2.75) is 25.7 Å². The summed E-state index contributed by atoms with van der Waals surface area (Å²) in [6.45, 7) is 1.61. The van der Waals surface area contributed by atoms with Gasteiger partial charge in [-0.15, -0.1) is 0 Å². The molecule has 1 saturated heterocycles. The summed E-state index contributed by atoms with van der Waals surface area (Å²) in [5, 5.41) is 0. The van der Waals surface area contributed by atoms with Gasteiger partial charge in [-0.1, -0.05) is 0 Å². The highest BCUT2D eigenvalue weighted by Gasteiger charge is 2.25. The first-order valence-corrected chi connectivity index (χ1v) is 5.97. The normalized spacial score (nSPS) is 20.2. The predicted octanol–water partition coefficient (Wildman–Crippen LogP) is 0.856. The Labute approximate surface area is 100 Å². The van der Waals surface area contributed by atoms with Crippen molar-refractivity contribution >= 4 is 5.91 Å². The molecule has 0 bridgehead atoms. The minimum atomic E-state index is -2.47. The fourth-order valence-electron chi connectivity index (χ4n) is 2.02. The van der Waals surface area contributed by atoms with E-state index in [1.807, 2.05) is 0 Å². The van der Waals surface area contributed by atoms with Crippen LogP contribution in [0.25, 0.3) is 0 Å². The van der Waals surface area contributed by atoms with Crippen molar-refractivity contribution in [2.75, 3.05) is 32.8 Å². The third-order valence-corrected chi connectivity index (χ3v) is 2.92. The molecule has 1 atom stereocenters. The van der Waals surface area contributed by atoms with Crippen LogP contribution in [0.5, 0.6) is 0 Å². The summed E-state index contributed by atoms with van der Waals surface area (Å²) in [4.78, 5) is 13.4. The Balaban J connectivity index is 2.12. The number of hydrogen-bond acceptors (Lipinski definition) is 3. The molecule has 1 aliphatic rings. The fourth-order valence-corrected chi connectivity index (χ4v) is 2.02. The number of likely N-dealkylation sites (tertiary alicyclic amines) is 1. The minimum absolute atomic E-state index is 0.0150. The third kappa shape index (κ3) is 5.41. The molecule has 0 saturated carbocycles. The van der Waals surface area contributed by atoms with Crippen molar-refractivity contribution in [1.29, 1.82) is 0 Å². The molecule has 6 heteroatoms. The lowest BCUT2D eigenvalue weighted by Gasteiger charge is -2.16. The van der Waals surface area contributed by atoms with Crippen molar-refractivity contribution in [3.05, 3.63) is 0 Å². The molecule has 1 amide bonds. The molecule has 2 N–H and O–H groups in total. The predicted molar refractivity (Wildman–Crippen MR) is 59.8 cm³/mol. The van der Waals surface area contributed by atoms with Gasteiger partial charge in [0.05, 0.1) is 13.0 Å². The standard InChI is InChI=1S/C11H20F2N2O2/c12-10(13)8-17-6-3-11(16)15-5-2-9(7-15)1-4-14/h9-10H,1-8,14H2. The number of alkyl halides is 2. The lowest BCUT2D eigenvalue weighted by molar-refractivity contribution is -0.131. The first-order valence-electron chi connectivity index (χ1n) is 5.97. The average Bonchev–Trinajstić information content (AvgIpc) is 2.73. The van der Waals surface area contributed by atoms with E-state index in [9.17, 15) is 13.6 Å². The van der Waals surface area contributed by atoms with E-state index >= 15 is 0 Å². The van der Waals surface area contributed by atoms with E-state index < -0.39 is 13.0 Å². The minimum Gasteiger partial charge on any atom is -0.375 e. The third-order valence-electron chi connectivity index (χ3n) is 2.92. The lowest BCUT2D eigenvalue weighted by atomic mass is 10.1. The second-order valence-corrected chi connectivity index (χ2v) is 4.29. The van der Waals surface area contributed by atoms with Crippen LogP contribution in [0.2, 0.25) is 0 Å². The van der Waals surface area contributed by atoms with Gasteiger partial charge in [-0.3, -0.25) is 4.79 Å². The number of hydrogen-bond donors (Lipinski definition) is 1. The Hall–Kier alpha value is -0.750. The van der Waals surface area contributed by atoms with Crippen LogP contribution in [-0.4, -0.2) is 50.1 Å². The quantitative estimate of drug-likeness (QED) is 0.682. The van der Waals surface area contributed by atoms with Crippen molar-refractivity contribution in [1.82, 2.24) is 4.90 Å². The fraction of sp³-hybridized carbons (Fsp3) is 0.909. The van der Waals surface area contributed by atoms with E-state index in [1.165, 1.54) is 0 Å². The number of rotatable bonds is 7. The lowest BCUT2D eigenvalue weighted by Crippen LogP contribution is -2.29. The van der Waals surface area contributed by atoms with Gasteiger partial charge in [-0.25, -0.2) is 8.78 Å². The number of nitrogens with two attached hydrogens (primary N) is 1. The van der Waals surface area contributed by atoms with Gasteiger partial charge in [0.1, 0.15) is 6.61 Å². The van der Waals surface area contributed by atoms with Crippen molar-refractivity contribution in [3.8, 4) is 0 Å². The first kappa shape index (κ1) is 14.3. The summed E-state index contributed by atoms with van der Waals surface area (Å²) in [5.41, 5.74) is 5.46. The number of ether oxygens (including phenoxy) is 1. The van der Waals surface area contributed by atoms with Gasteiger partial charge in [0, 0.05) is 13.1 Å². The molecule has 100 valence electrons. The number of carbonyl (C=O) groups excluding carboxylic acids is 1. The Bertz CT molecular complexity index is 240. The molecular formula is C11H20F2N2O2. The smallest absolute Gasteiger partial charge is 0.261 e. The van der Waals surface area contributed by atoms with Crippen LogP contribution in [0.4, 0.5) is 8.78 Å². The molecule has 4 nitrogen and oxygen atoms in total. The van der Waals surface area contributed by atoms with Crippen LogP contribution in [0.15, 0.2) is 0 Å². The van der Waals surface area contributed by atoms with Gasteiger partial charge in [-0.05, 0) is 25.3 Å². The molecule has 1 heterocycles. The maximum Gasteiger partial charge on any atom is 0.261 e. The second-order valence-electron chi connectivity index (χ2n) is 4.29. The molecule has 1 rings (SSSR count). The van der Waals surface area contributed by atoms with E-state index in [0.29, 0.717) is 12.5 Å². The van der Waals surface area contributed by atoms with Gasteiger partial charge in [0.2, 0.25) is 5.91 Å². The topological polar surface area (TPSA) is 55.6 Å². The van der Waals surface area contributed by atoms with Gasteiger partial charge in [0.15, 0.2) is 0 Å². The molecule has 1 fully saturated rings. The van der Waals surface area contributed by atoms with Gasteiger partial charge in [0.25, 0.3) is 6.43 Å². The summed E-state index contributed by atoms with van der Waals surface area (Å²) in [5.74, 6) is 0.477. The zero-order valence-electron chi connectivity index (χ0n) is 9.91. The maximum atomic E-state index is 11.8. The zero-order valence-corrected chi connectivity index (χ0v) is 9.91. The highest BCUT2D eigenvalue weighted by molar-refractivity contribution is 5.76. The summed E-state index contributed by atoms with van der Waals surface area (Å²) >= 11 is 0. The molecule has 0 radical (unpaired) electrons. The summed E-state index contributed by atoms with van der Waals surface area (Å²) in [6.07, 6.45) is -0.361. The van der Waals surface area contributed by atoms with E-state index in [0.717, 1.165) is 25.9 Å². The van der Waals surface area contributed by atoms with E-state index in [2.05, 4.69) is 4.74 Å². The molecule has 17 heavy (non-hydrogen) atoms. The number of halogens is 2. The SMILES string of the molecule is NCCC1CCN(C(=O)CCOCC(F)F)C1. The second kappa shape index (κ2) is 7.55. The molecule has 0 aromatic heterocycles. The zero-order chi connectivity index (χ0) is 12.7. The summed E-state index contributed by atoms with van der Waals surface area (Å²) in [6, 6.07) is 0. The molecule has 0 aliphatic carbocycles. The highest BCUT2D eigenvalue weighted by atomic mass is 19.3. The van der Waals surface area contributed by atoms with Gasteiger partial charge < -0.3 is 15.4 Å². The number of carbonyl (C=O) groups is 1. The molecule has 0 aromatic rings. The first-order chi connectivity index (χ1) is 8.13. The van der Waals surface area contributed by atoms with Gasteiger partial charge >= 0.3 is 0 Å².